The van der Waals surface area contributed by atoms with Crippen molar-refractivity contribution in [2.45, 2.75) is 0 Å². The molecule has 0 aliphatic heterocycles. The van der Waals surface area contributed by atoms with Gasteiger partial charge < -0.3 is 0 Å². The summed E-state index contributed by atoms with van der Waals surface area (Å²) in [5.41, 5.74) is 0.654. The van der Waals surface area contributed by atoms with Gasteiger partial charge in [0.2, 0.25) is 0 Å². The van der Waals surface area contributed by atoms with Crippen LogP contribution in [-0.4, -0.2) is 0 Å². The van der Waals surface area contributed by atoms with Crippen molar-refractivity contribution in [3.05, 3.63) is 53.7 Å². The lowest BCUT2D eigenvalue weighted by atomic mass is 10.1. The number of benzene rings is 1. The number of allylic oxidation sites excluding steroid dienone is 1. The van der Waals surface area contributed by atoms with Gasteiger partial charge in [0.25, 0.3) is 0 Å². The summed E-state index contributed by atoms with van der Waals surface area (Å²) in [6.07, 6.45) is 3.23. The maximum Gasteiger partial charge on any atom is 0.123 e. The molecule has 0 aromatic heterocycles. The fourth-order valence-electron chi connectivity index (χ4n) is 0.769. The van der Waals surface area contributed by atoms with Crippen molar-refractivity contribution in [1.82, 2.24) is 0 Å². The Morgan fingerprint density at radius 2 is 2.18 bits per heavy atom. The quantitative estimate of drug-likeness (QED) is 0.638. The van der Waals surface area contributed by atoms with Crippen LogP contribution in [0.25, 0.3) is 0 Å². The van der Waals surface area contributed by atoms with Crippen molar-refractivity contribution in [2.24, 2.45) is 0 Å². The molecule has 0 N–H and O–H groups in total. The van der Waals surface area contributed by atoms with E-state index in [1.54, 1.807) is 12.5 Å². The number of rotatable bonds is 2. The highest BCUT2D eigenvalue weighted by Crippen LogP contribution is 2.18. The maximum absolute atomic E-state index is 12.6. The van der Waals surface area contributed by atoms with Crippen molar-refractivity contribution < 1.29 is 4.39 Å². The van der Waals surface area contributed by atoms with Crippen molar-refractivity contribution >= 4 is 11.6 Å². The van der Waals surface area contributed by atoms with E-state index in [-0.39, 0.29) is 5.82 Å². The molecule has 11 heavy (non-hydrogen) atoms. The molecule has 0 unspecified atom stereocenters. The first-order valence-electron chi connectivity index (χ1n) is 3.15. The smallest absolute Gasteiger partial charge is 0.123 e. The highest BCUT2D eigenvalue weighted by molar-refractivity contribution is 6.31. The Kier molecular flexibility index (Phi) is 2.66. The van der Waals surface area contributed by atoms with Gasteiger partial charge in [-0.05, 0) is 23.8 Å². The zero-order chi connectivity index (χ0) is 8.27. The van der Waals surface area contributed by atoms with Gasteiger partial charge in [0.1, 0.15) is 5.82 Å². The third-order valence-corrected chi connectivity index (χ3v) is 1.60. The minimum Gasteiger partial charge on any atom is -0.207 e. The van der Waals surface area contributed by atoms with Crippen LogP contribution in [0.4, 0.5) is 4.39 Å². The fraction of sp³-hybridized carbons (Fsp3) is 0. The largest absolute Gasteiger partial charge is 0.207 e. The van der Waals surface area contributed by atoms with Gasteiger partial charge in [-0.25, -0.2) is 4.39 Å². The Morgan fingerprint density at radius 1 is 1.45 bits per heavy atom. The molecule has 0 aliphatic carbocycles. The van der Waals surface area contributed by atoms with Crippen LogP contribution in [0.5, 0.6) is 0 Å². The van der Waals surface area contributed by atoms with E-state index in [1.165, 1.54) is 18.2 Å². The molecule has 0 nitrogen and oxygen atoms in total. The Bertz CT molecular complexity index is 268. The third kappa shape index (κ3) is 2.05. The fourth-order valence-corrected chi connectivity index (χ4v) is 0.950. The lowest BCUT2D eigenvalue weighted by Gasteiger charge is -1.98. The second-order valence-corrected chi connectivity index (χ2v) is 2.48. The molecule has 0 amide bonds. The Balaban J connectivity index is 3.01. The molecule has 1 aromatic rings. The summed E-state index contributed by atoms with van der Waals surface area (Å²) in [7, 11) is 0. The van der Waals surface area contributed by atoms with E-state index in [4.69, 9.17) is 11.6 Å². The molecule has 0 fully saturated rings. The molecular weight excluding hydrogens is 163 g/mol. The average molecular weight is 170 g/mol. The summed E-state index contributed by atoms with van der Waals surface area (Å²) in [5, 5.41) is 0.534. The van der Waals surface area contributed by atoms with Crippen LogP contribution in [0.1, 0.15) is 5.56 Å². The highest BCUT2D eigenvalue weighted by atomic mass is 35.5. The molecule has 0 heterocycles. The summed E-state index contributed by atoms with van der Waals surface area (Å²) >= 11 is 5.73. The summed E-state index contributed by atoms with van der Waals surface area (Å²) in [5.74, 6) is -0.289. The highest BCUT2D eigenvalue weighted by Gasteiger charge is 1.99. The van der Waals surface area contributed by atoms with E-state index >= 15 is 0 Å². The van der Waals surface area contributed by atoms with Crippen LogP contribution in [-0.2, 0) is 0 Å². The molecule has 0 atom stereocenters. The van der Waals surface area contributed by atoms with E-state index in [2.05, 4.69) is 6.58 Å². The first kappa shape index (κ1) is 8.28. The number of halogens is 2. The Hall–Kier alpha value is -0.820. The summed E-state index contributed by atoms with van der Waals surface area (Å²) in [4.78, 5) is 0. The second-order valence-electron chi connectivity index (χ2n) is 2.07. The van der Waals surface area contributed by atoms with Crippen molar-refractivity contribution in [1.29, 1.82) is 0 Å². The molecule has 2 heteroatoms. The molecule has 1 rings (SSSR count). The van der Waals surface area contributed by atoms with Gasteiger partial charge in [-0.2, -0.15) is 0 Å². The van der Waals surface area contributed by atoms with E-state index in [9.17, 15) is 4.39 Å². The van der Waals surface area contributed by atoms with Crippen molar-refractivity contribution in [2.75, 3.05) is 0 Å². The summed E-state index contributed by atoms with van der Waals surface area (Å²) in [6, 6.07) is 4.21. The lowest BCUT2D eigenvalue weighted by molar-refractivity contribution is 0.627. The minimum absolute atomic E-state index is 0.289. The van der Waals surface area contributed by atoms with E-state index in [0.717, 1.165) is 0 Å². The molecule has 57 valence electrons. The van der Waals surface area contributed by atoms with Crippen LogP contribution in [0.3, 0.4) is 0 Å². The predicted octanol–water partition coefficient (Wildman–Crippen LogP) is 3.22. The lowest BCUT2D eigenvalue weighted by Crippen LogP contribution is -1.82. The van der Waals surface area contributed by atoms with Crippen LogP contribution in [0.15, 0.2) is 30.9 Å². The van der Waals surface area contributed by atoms with Gasteiger partial charge in [-0.1, -0.05) is 17.7 Å². The molecule has 0 saturated carbocycles. The monoisotopic (exact) mass is 169 g/mol. The zero-order valence-corrected chi connectivity index (χ0v) is 6.61. The van der Waals surface area contributed by atoms with E-state index < -0.39 is 0 Å². The van der Waals surface area contributed by atoms with E-state index in [1.807, 2.05) is 0 Å². The second kappa shape index (κ2) is 3.54. The topological polar surface area (TPSA) is 0 Å². The van der Waals surface area contributed by atoms with Crippen LogP contribution in [0.2, 0.25) is 5.02 Å². The third-order valence-electron chi connectivity index (χ3n) is 1.26. The molecule has 0 saturated heterocycles. The summed E-state index contributed by atoms with van der Waals surface area (Å²) < 4.78 is 12.6. The zero-order valence-electron chi connectivity index (χ0n) is 5.85. The standard InChI is InChI=1S/C9H7ClF/c1-2-3-7-6-8(11)4-5-9(7)10/h2-6H,1H2. The minimum atomic E-state index is -0.289. The Morgan fingerprint density at radius 3 is 2.82 bits per heavy atom. The van der Waals surface area contributed by atoms with Gasteiger partial charge in [-0.15, -0.1) is 6.58 Å². The van der Waals surface area contributed by atoms with Crippen molar-refractivity contribution in [3.8, 4) is 0 Å². The molecule has 0 bridgehead atoms. The molecular formula is C9H7ClF. The molecule has 1 radical (unpaired) electrons. The van der Waals surface area contributed by atoms with Gasteiger partial charge in [0.05, 0.1) is 0 Å². The van der Waals surface area contributed by atoms with Gasteiger partial charge >= 0.3 is 0 Å². The first-order chi connectivity index (χ1) is 5.24. The average Bonchev–Trinajstić information content (AvgIpc) is 1.98. The maximum atomic E-state index is 12.6. The summed E-state index contributed by atoms with van der Waals surface area (Å²) in [6.45, 7) is 3.49. The molecule has 0 aliphatic rings. The first-order valence-corrected chi connectivity index (χ1v) is 3.52. The van der Waals surface area contributed by atoms with Crippen molar-refractivity contribution in [3.63, 3.8) is 0 Å². The SMILES string of the molecule is C=C[CH]c1cc(F)ccc1Cl. The predicted molar refractivity (Wildman–Crippen MR) is 45.0 cm³/mol. The van der Waals surface area contributed by atoms with Crippen LogP contribution >= 0.6 is 11.6 Å². The van der Waals surface area contributed by atoms with Gasteiger partial charge in [0, 0.05) is 11.4 Å². The molecule has 1 aromatic carbocycles. The van der Waals surface area contributed by atoms with Gasteiger partial charge in [-0.3, -0.25) is 0 Å². The molecule has 0 spiro atoms. The van der Waals surface area contributed by atoms with Gasteiger partial charge in [0.15, 0.2) is 0 Å². The Labute approximate surface area is 70.3 Å². The van der Waals surface area contributed by atoms with E-state index in [0.29, 0.717) is 10.6 Å². The number of hydrogen-bond donors (Lipinski definition) is 0. The number of hydrogen-bond acceptors (Lipinski definition) is 0. The van der Waals surface area contributed by atoms with Crippen LogP contribution < -0.4 is 0 Å². The normalized spacial score (nSPS) is 9.64. The van der Waals surface area contributed by atoms with Crippen LogP contribution in [0, 0.1) is 12.2 Å².